The molecule has 1 unspecified atom stereocenters. The zero-order valence-electron chi connectivity index (χ0n) is 8.70. The van der Waals surface area contributed by atoms with E-state index in [2.05, 4.69) is 15.3 Å². The number of fused-ring (bicyclic) bond motifs is 1. The van der Waals surface area contributed by atoms with E-state index in [1.54, 1.807) is 6.33 Å². The molecule has 0 bridgehead atoms. The number of hydrogen-bond donors (Lipinski definition) is 1. The Labute approximate surface area is 94.1 Å². The smallest absolute Gasteiger partial charge is 0.116 e. The second kappa shape index (κ2) is 4.10. The first-order valence-electron chi connectivity index (χ1n) is 5.59. The van der Waals surface area contributed by atoms with Gasteiger partial charge in [-0.3, -0.25) is 0 Å². The fraction of sp³-hybridized carbons (Fsp3) is 0.636. The van der Waals surface area contributed by atoms with Gasteiger partial charge in [-0.15, -0.1) is 0 Å². The van der Waals surface area contributed by atoms with Crippen molar-refractivity contribution in [2.45, 2.75) is 25.3 Å². The SMILES string of the molecule is c1nc2c(c(C3CSCCN3)n1)CCC2. The Morgan fingerprint density at radius 1 is 1.33 bits per heavy atom. The summed E-state index contributed by atoms with van der Waals surface area (Å²) in [6.45, 7) is 1.11. The van der Waals surface area contributed by atoms with Crippen LogP contribution in [0.1, 0.15) is 29.4 Å². The summed E-state index contributed by atoms with van der Waals surface area (Å²) < 4.78 is 0. The Balaban J connectivity index is 1.93. The second-order valence-electron chi connectivity index (χ2n) is 4.12. The van der Waals surface area contributed by atoms with Crippen molar-refractivity contribution in [3.8, 4) is 0 Å². The molecule has 2 heterocycles. The largest absolute Gasteiger partial charge is 0.307 e. The van der Waals surface area contributed by atoms with Crippen LogP contribution in [0.15, 0.2) is 6.33 Å². The fourth-order valence-corrected chi connectivity index (χ4v) is 3.37. The molecule has 0 amide bonds. The summed E-state index contributed by atoms with van der Waals surface area (Å²) in [6.07, 6.45) is 5.31. The lowest BCUT2D eigenvalue weighted by Crippen LogP contribution is -2.31. The average molecular weight is 221 g/mol. The van der Waals surface area contributed by atoms with Crippen molar-refractivity contribution < 1.29 is 0 Å². The number of hydrogen-bond acceptors (Lipinski definition) is 4. The number of nitrogens with zero attached hydrogens (tertiary/aromatic N) is 2. The van der Waals surface area contributed by atoms with Crippen LogP contribution in [0, 0.1) is 0 Å². The molecule has 1 aromatic rings. The van der Waals surface area contributed by atoms with E-state index in [1.165, 1.54) is 35.5 Å². The molecule has 0 saturated carbocycles. The molecule has 0 aromatic carbocycles. The zero-order chi connectivity index (χ0) is 10.1. The maximum atomic E-state index is 4.49. The maximum absolute atomic E-state index is 4.49. The van der Waals surface area contributed by atoms with Crippen molar-refractivity contribution >= 4 is 11.8 Å². The molecule has 3 rings (SSSR count). The van der Waals surface area contributed by atoms with Crippen LogP contribution < -0.4 is 5.32 Å². The lowest BCUT2D eigenvalue weighted by atomic mass is 10.1. The summed E-state index contributed by atoms with van der Waals surface area (Å²) in [6, 6.07) is 0.457. The normalized spacial score (nSPS) is 25.2. The Hall–Kier alpha value is -0.610. The van der Waals surface area contributed by atoms with Gasteiger partial charge in [-0.1, -0.05) is 0 Å². The van der Waals surface area contributed by atoms with Gasteiger partial charge in [0.25, 0.3) is 0 Å². The summed E-state index contributed by atoms with van der Waals surface area (Å²) in [5.41, 5.74) is 3.99. The molecule has 1 aliphatic carbocycles. The Morgan fingerprint density at radius 2 is 2.33 bits per heavy atom. The van der Waals surface area contributed by atoms with E-state index in [9.17, 15) is 0 Å². The number of aromatic nitrogens is 2. The van der Waals surface area contributed by atoms with Gasteiger partial charge in [-0.05, 0) is 24.8 Å². The van der Waals surface area contributed by atoms with Gasteiger partial charge < -0.3 is 5.32 Å². The highest BCUT2D eigenvalue weighted by atomic mass is 32.2. The molecule has 1 aromatic heterocycles. The lowest BCUT2D eigenvalue weighted by molar-refractivity contribution is 0.574. The van der Waals surface area contributed by atoms with Gasteiger partial charge in [-0.2, -0.15) is 11.8 Å². The molecule has 1 atom stereocenters. The summed E-state index contributed by atoms with van der Waals surface area (Å²) in [5.74, 6) is 2.38. The first-order valence-corrected chi connectivity index (χ1v) is 6.74. The van der Waals surface area contributed by atoms with Crippen molar-refractivity contribution in [3.63, 3.8) is 0 Å². The molecule has 80 valence electrons. The molecule has 3 nitrogen and oxygen atoms in total. The predicted octanol–water partition coefficient (Wildman–Crippen LogP) is 1.34. The van der Waals surface area contributed by atoms with Crippen molar-refractivity contribution in [1.82, 2.24) is 15.3 Å². The van der Waals surface area contributed by atoms with Crippen LogP contribution in [0.25, 0.3) is 0 Å². The van der Waals surface area contributed by atoms with Crippen LogP contribution in [0.5, 0.6) is 0 Å². The highest BCUT2D eigenvalue weighted by molar-refractivity contribution is 7.99. The Bertz CT molecular complexity index is 361. The number of rotatable bonds is 1. The minimum atomic E-state index is 0.457. The van der Waals surface area contributed by atoms with Crippen LogP contribution in [0.3, 0.4) is 0 Å². The molecule has 2 aliphatic rings. The Morgan fingerprint density at radius 3 is 3.20 bits per heavy atom. The third-order valence-electron chi connectivity index (χ3n) is 3.16. The average Bonchev–Trinajstić information content (AvgIpc) is 2.78. The Kier molecular flexibility index (Phi) is 2.63. The minimum absolute atomic E-state index is 0.457. The van der Waals surface area contributed by atoms with Crippen LogP contribution >= 0.6 is 11.8 Å². The molecule has 1 N–H and O–H groups in total. The van der Waals surface area contributed by atoms with Crippen molar-refractivity contribution in [2.24, 2.45) is 0 Å². The number of thioether (sulfide) groups is 1. The fourth-order valence-electron chi connectivity index (χ4n) is 2.43. The molecular formula is C11H15N3S. The van der Waals surface area contributed by atoms with E-state index >= 15 is 0 Å². The topological polar surface area (TPSA) is 37.8 Å². The highest BCUT2D eigenvalue weighted by Gasteiger charge is 2.24. The van der Waals surface area contributed by atoms with Gasteiger partial charge >= 0.3 is 0 Å². The second-order valence-corrected chi connectivity index (χ2v) is 5.27. The lowest BCUT2D eigenvalue weighted by Gasteiger charge is -2.24. The van der Waals surface area contributed by atoms with E-state index < -0.39 is 0 Å². The van der Waals surface area contributed by atoms with Gasteiger partial charge in [0.2, 0.25) is 0 Å². The summed E-state index contributed by atoms with van der Waals surface area (Å²) in [5, 5.41) is 3.55. The molecular weight excluding hydrogens is 206 g/mol. The number of aryl methyl sites for hydroxylation is 1. The summed E-state index contributed by atoms with van der Waals surface area (Å²) in [7, 11) is 0. The van der Waals surface area contributed by atoms with Crippen LogP contribution in [-0.4, -0.2) is 28.0 Å². The quantitative estimate of drug-likeness (QED) is 0.776. The molecule has 1 fully saturated rings. The molecule has 0 radical (unpaired) electrons. The minimum Gasteiger partial charge on any atom is -0.307 e. The van der Waals surface area contributed by atoms with Crippen molar-refractivity contribution in [2.75, 3.05) is 18.1 Å². The van der Waals surface area contributed by atoms with E-state index in [-0.39, 0.29) is 0 Å². The first kappa shape index (κ1) is 9.60. The van der Waals surface area contributed by atoms with E-state index in [1.807, 2.05) is 11.8 Å². The zero-order valence-corrected chi connectivity index (χ0v) is 9.52. The summed E-state index contributed by atoms with van der Waals surface area (Å²) >= 11 is 2.02. The van der Waals surface area contributed by atoms with Crippen LogP contribution in [0.4, 0.5) is 0 Å². The molecule has 1 aliphatic heterocycles. The third kappa shape index (κ3) is 1.76. The van der Waals surface area contributed by atoms with Gasteiger partial charge in [0.05, 0.1) is 11.7 Å². The summed E-state index contributed by atoms with van der Waals surface area (Å²) in [4.78, 5) is 8.86. The van der Waals surface area contributed by atoms with E-state index in [0.717, 1.165) is 18.7 Å². The predicted molar refractivity (Wildman–Crippen MR) is 62.1 cm³/mol. The standard InChI is InChI=1S/C11H15N3S/c1-2-8-9(3-1)13-7-14-11(8)10-6-15-5-4-12-10/h7,10,12H,1-6H2. The van der Waals surface area contributed by atoms with Gasteiger partial charge in [0.15, 0.2) is 0 Å². The molecule has 15 heavy (non-hydrogen) atoms. The molecule has 1 saturated heterocycles. The van der Waals surface area contributed by atoms with Crippen molar-refractivity contribution in [3.05, 3.63) is 23.3 Å². The van der Waals surface area contributed by atoms with Gasteiger partial charge in [0, 0.05) is 23.7 Å². The van der Waals surface area contributed by atoms with E-state index in [0.29, 0.717) is 6.04 Å². The maximum Gasteiger partial charge on any atom is 0.116 e. The van der Waals surface area contributed by atoms with E-state index in [4.69, 9.17) is 0 Å². The van der Waals surface area contributed by atoms with Gasteiger partial charge in [0.1, 0.15) is 6.33 Å². The first-order chi connectivity index (χ1) is 7.45. The molecule has 0 spiro atoms. The monoisotopic (exact) mass is 221 g/mol. The highest BCUT2D eigenvalue weighted by Crippen LogP contribution is 2.28. The van der Waals surface area contributed by atoms with Crippen molar-refractivity contribution in [1.29, 1.82) is 0 Å². The number of nitrogens with one attached hydrogen (secondary N) is 1. The van der Waals surface area contributed by atoms with Gasteiger partial charge in [-0.25, -0.2) is 9.97 Å². The third-order valence-corrected chi connectivity index (χ3v) is 4.22. The van der Waals surface area contributed by atoms with Crippen LogP contribution in [-0.2, 0) is 12.8 Å². The van der Waals surface area contributed by atoms with Crippen LogP contribution in [0.2, 0.25) is 0 Å². The molecule has 4 heteroatoms.